The molecule has 1 atom stereocenters. The summed E-state index contributed by atoms with van der Waals surface area (Å²) in [6, 6.07) is 73.7. The minimum atomic E-state index is -0.244. The Bertz CT molecular complexity index is 3170. The third-order valence-electron chi connectivity index (χ3n) is 12.0. The fraction of sp³-hybridized carbons (Fsp3) is 0.0364. The first kappa shape index (κ1) is 33.8. The van der Waals surface area contributed by atoms with Crippen LogP contribution in [-0.4, -0.2) is 15.0 Å². The van der Waals surface area contributed by atoms with Crippen LogP contribution >= 0.6 is 0 Å². The van der Waals surface area contributed by atoms with Crippen LogP contribution in [0.25, 0.3) is 89.1 Å². The molecule has 1 aromatic heterocycles. The van der Waals surface area contributed by atoms with Crippen molar-refractivity contribution in [3.05, 3.63) is 223 Å². The third-order valence-corrected chi connectivity index (χ3v) is 12.0. The van der Waals surface area contributed by atoms with Crippen molar-refractivity contribution in [2.24, 2.45) is 0 Å². The normalized spacial score (nSPS) is 14.4. The van der Waals surface area contributed by atoms with Crippen LogP contribution < -0.4 is 0 Å². The number of fused-ring (bicyclic) bond motifs is 5. The SMILES string of the molecule is CC1(c2ccccc2)c2ccccc2-c2c(-c3ccc4cc(-c5nc(-c6ccccc6)nc(-c6cc(-c7ccccc7)cc7ccccc67)n5)ccc4c3)cccc21. The van der Waals surface area contributed by atoms with Gasteiger partial charge in [0, 0.05) is 22.1 Å². The number of nitrogens with zero attached hydrogens (tertiary/aromatic N) is 3. The van der Waals surface area contributed by atoms with Gasteiger partial charge in [-0.05, 0) is 103 Å². The van der Waals surface area contributed by atoms with Gasteiger partial charge in [0.15, 0.2) is 17.5 Å². The summed E-state index contributed by atoms with van der Waals surface area (Å²) >= 11 is 0. The van der Waals surface area contributed by atoms with Crippen molar-refractivity contribution in [2.45, 2.75) is 12.3 Å². The molecule has 0 saturated heterocycles. The fourth-order valence-corrected chi connectivity index (χ4v) is 9.05. The molecule has 58 heavy (non-hydrogen) atoms. The molecule has 272 valence electrons. The van der Waals surface area contributed by atoms with Crippen molar-refractivity contribution >= 4 is 21.5 Å². The quantitative estimate of drug-likeness (QED) is 0.170. The fourth-order valence-electron chi connectivity index (χ4n) is 9.05. The second-order valence-corrected chi connectivity index (χ2v) is 15.3. The van der Waals surface area contributed by atoms with E-state index in [9.17, 15) is 0 Å². The minimum Gasteiger partial charge on any atom is -0.208 e. The first-order valence-corrected chi connectivity index (χ1v) is 19.9. The predicted octanol–water partition coefficient (Wildman–Crippen LogP) is 13.8. The predicted molar refractivity (Wildman–Crippen MR) is 239 cm³/mol. The Kier molecular flexibility index (Phi) is 7.94. The van der Waals surface area contributed by atoms with Crippen LogP contribution in [0.5, 0.6) is 0 Å². The Labute approximate surface area is 338 Å². The maximum atomic E-state index is 5.23. The smallest absolute Gasteiger partial charge is 0.164 e. The molecule has 1 heterocycles. The summed E-state index contributed by atoms with van der Waals surface area (Å²) in [5.41, 5.74) is 13.9. The van der Waals surface area contributed by atoms with Gasteiger partial charge in [-0.25, -0.2) is 15.0 Å². The Morgan fingerprint density at radius 1 is 0.328 bits per heavy atom. The Hall–Kier alpha value is -7.49. The molecule has 3 nitrogen and oxygen atoms in total. The Morgan fingerprint density at radius 3 is 1.66 bits per heavy atom. The summed E-state index contributed by atoms with van der Waals surface area (Å²) in [4.78, 5) is 15.5. The van der Waals surface area contributed by atoms with Gasteiger partial charge in [0.05, 0.1) is 0 Å². The number of hydrogen-bond donors (Lipinski definition) is 0. The van der Waals surface area contributed by atoms with E-state index in [1.54, 1.807) is 0 Å². The van der Waals surface area contributed by atoms with E-state index in [1.807, 2.05) is 24.3 Å². The van der Waals surface area contributed by atoms with Gasteiger partial charge < -0.3 is 0 Å². The van der Waals surface area contributed by atoms with Gasteiger partial charge in [0.1, 0.15) is 0 Å². The molecule has 9 aromatic carbocycles. The van der Waals surface area contributed by atoms with Crippen molar-refractivity contribution in [1.29, 1.82) is 0 Å². The molecule has 0 amide bonds. The lowest BCUT2D eigenvalue weighted by molar-refractivity contribution is 0.714. The summed E-state index contributed by atoms with van der Waals surface area (Å²) in [5.74, 6) is 1.93. The van der Waals surface area contributed by atoms with Gasteiger partial charge in [-0.15, -0.1) is 0 Å². The zero-order chi connectivity index (χ0) is 38.6. The average molecular weight is 740 g/mol. The van der Waals surface area contributed by atoms with Gasteiger partial charge in [-0.3, -0.25) is 0 Å². The maximum absolute atomic E-state index is 5.23. The number of rotatable bonds is 6. The van der Waals surface area contributed by atoms with Crippen molar-refractivity contribution in [3.63, 3.8) is 0 Å². The molecule has 1 unspecified atom stereocenters. The van der Waals surface area contributed by atoms with Crippen molar-refractivity contribution in [2.75, 3.05) is 0 Å². The van der Waals surface area contributed by atoms with Crippen LogP contribution in [0.3, 0.4) is 0 Å². The monoisotopic (exact) mass is 739 g/mol. The molecule has 3 heteroatoms. The van der Waals surface area contributed by atoms with E-state index >= 15 is 0 Å². The van der Waals surface area contributed by atoms with Gasteiger partial charge in [-0.1, -0.05) is 182 Å². The van der Waals surface area contributed by atoms with E-state index in [0.29, 0.717) is 17.5 Å². The van der Waals surface area contributed by atoms with Gasteiger partial charge in [0.25, 0.3) is 0 Å². The lowest BCUT2D eigenvalue weighted by Crippen LogP contribution is -2.22. The van der Waals surface area contributed by atoms with E-state index in [4.69, 9.17) is 15.0 Å². The van der Waals surface area contributed by atoms with E-state index in [-0.39, 0.29) is 5.41 Å². The zero-order valence-corrected chi connectivity index (χ0v) is 32.0. The standard InChI is InChI=1S/C55H37N3/c1-55(44-21-9-4-10-22-44)49-26-14-13-24-47(49)51-46(25-15-27-50(51)55)41-30-28-39-33-42(31-29-38(39)32-41)53-56-52(37-18-7-3-8-19-37)57-54(58-53)48-35-43(36-16-5-2-6-17-36)34-40-20-11-12-23-45(40)48/h2-35H,1H3. The molecule has 0 N–H and O–H groups in total. The Morgan fingerprint density at radius 2 is 0.879 bits per heavy atom. The van der Waals surface area contributed by atoms with E-state index in [0.717, 1.165) is 49.4 Å². The summed E-state index contributed by atoms with van der Waals surface area (Å²) in [6.07, 6.45) is 0. The lowest BCUT2D eigenvalue weighted by Gasteiger charge is -2.28. The molecular formula is C55H37N3. The highest BCUT2D eigenvalue weighted by atomic mass is 15.0. The molecule has 0 fully saturated rings. The molecule has 1 aliphatic carbocycles. The summed E-state index contributed by atoms with van der Waals surface area (Å²) in [6.45, 7) is 2.37. The molecule has 0 bridgehead atoms. The molecular weight excluding hydrogens is 703 g/mol. The molecule has 0 radical (unpaired) electrons. The van der Waals surface area contributed by atoms with Crippen molar-refractivity contribution < 1.29 is 0 Å². The maximum Gasteiger partial charge on any atom is 0.164 e. The number of hydrogen-bond acceptors (Lipinski definition) is 3. The van der Waals surface area contributed by atoms with E-state index in [2.05, 4.69) is 189 Å². The van der Waals surface area contributed by atoms with Crippen LogP contribution in [0.2, 0.25) is 0 Å². The second kappa shape index (κ2) is 13.6. The van der Waals surface area contributed by atoms with Gasteiger partial charge in [-0.2, -0.15) is 0 Å². The third kappa shape index (κ3) is 5.55. The van der Waals surface area contributed by atoms with Gasteiger partial charge >= 0.3 is 0 Å². The summed E-state index contributed by atoms with van der Waals surface area (Å²) in [7, 11) is 0. The largest absolute Gasteiger partial charge is 0.208 e. The zero-order valence-electron chi connectivity index (χ0n) is 32.0. The van der Waals surface area contributed by atoms with Crippen molar-refractivity contribution in [3.8, 4) is 67.5 Å². The van der Waals surface area contributed by atoms with Crippen LogP contribution in [-0.2, 0) is 5.41 Å². The molecule has 0 saturated carbocycles. The Balaban J connectivity index is 1.04. The van der Waals surface area contributed by atoms with E-state index in [1.165, 1.54) is 38.9 Å². The second-order valence-electron chi connectivity index (χ2n) is 15.3. The molecule has 0 aliphatic heterocycles. The molecule has 0 spiro atoms. The summed E-state index contributed by atoms with van der Waals surface area (Å²) < 4.78 is 0. The van der Waals surface area contributed by atoms with Crippen LogP contribution in [0.15, 0.2) is 206 Å². The summed E-state index contributed by atoms with van der Waals surface area (Å²) in [5, 5.41) is 4.53. The topological polar surface area (TPSA) is 38.7 Å². The first-order valence-electron chi connectivity index (χ1n) is 19.9. The first-order chi connectivity index (χ1) is 28.6. The number of benzene rings is 9. The molecule has 11 rings (SSSR count). The highest BCUT2D eigenvalue weighted by Crippen LogP contribution is 2.55. The lowest BCUT2D eigenvalue weighted by atomic mass is 9.74. The van der Waals surface area contributed by atoms with E-state index < -0.39 is 0 Å². The molecule has 1 aliphatic rings. The van der Waals surface area contributed by atoms with Gasteiger partial charge in [0.2, 0.25) is 0 Å². The van der Waals surface area contributed by atoms with Crippen LogP contribution in [0.1, 0.15) is 23.6 Å². The van der Waals surface area contributed by atoms with Crippen LogP contribution in [0, 0.1) is 0 Å². The van der Waals surface area contributed by atoms with Crippen molar-refractivity contribution in [1.82, 2.24) is 15.0 Å². The minimum absolute atomic E-state index is 0.244. The number of aromatic nitrogens is 3. The highest BCUT2D eigenvalue weighted by Gasteiger charge is 2.41. The molecule has 10 aromatic rings. The average Bonchev–Trinajstić information content (AvgIpc) is 3.57. The highest BCUT2D eigenvalue weighted by molar-refractivity contribution is 6.00. The van der Waals surface area contributed by atoms with Crippen LogP contribution in [0.4, 0.5) is 0 Å².